The summed E-state index contributed by atoms with van der Waals surface area (Å²) in [7, 11) is 0. The molecule has 0 saturated carbocycles. The second kappa shape index (κ2) is 29.7. The van der Waals surface area contributed by atoms with Gasteiger partial charge in [-0.1, -0.05) is 168 Å². The van der Waals surface area contributed by atoms with Crippen molar-refractivity contribution in [3.8, 4) is 0 Å². The van der Waals surface area contributed by atoms with E-state index in [4.69, 9.17) is 4.74 Å². The van der Waals surface area contributed by atoms with Gasteiger partial charge in [-0.2, -0.15) is 0 Å². The largest absolute Gasteiger partial charge is 0.463 e. The zero-order valence-electron chi connectivity index (χ0n) is 24.7. The van der Waals surface area contributed by atoms with Crippen LogP contribution >= 0.6 is 0 Å². The lowest BCUT2D eigenvalue weighted by atomic mass is 10.0. The molecular weight excluding hydrogens is 428 g/mol. The molecule has 0 fully saturated rings. The number of rotatable bonds is 29. The molecule has 0 aromatic rings. The topological polar surface area (TPSA) is 26.3 Å². The number of esters is 1. The maximum atomic E-state index is 12.1. The van der Waals surface area contributed by atoms with Crippen LogP contribution in [0, 0.1) is 0 Å². The summed E-state index contributed by atoms with van der Waals surface area (Å²) >= 11 is 0. The Kier molecular flexibility index (Phi) is 29.2. The van der Waals surface area contributed by atoms with Crippen LogP contribution in [0.15, 0.2) is 0 Å². The molecule has 210 valence electrons. The van der Waals surface area contributed by atoms with E-state index in [1.807, 2.05) is 0 Å². The van der Waals surface area contributed by atoms with Crippen LogP contribution in [0.4, 0.5) is 0 Å². The molecule has 0 spiro atoms. The van der Waals surface area contributed by atoms with Gasteiger partial charge in [0.15, 0.2) is 0 Å². The fraction of sp³-hybridized carbons (Fsp3) is 0.970. The average Bonchev–Trinajstić information content (AvgIpc) is 2.85. The Bertz CT molecular complexity index is 406. The number of carbonyl (C=O) groups excluding carboxylic acids is 1. The normalized spacial score (nSPS) is 12.2. The van der Waals surface area contributed by atoms with E-state index in [9.17, 15) is 4.79 Å². The molecule has 35 heavy (non-hydrogen) atoms. The molecule has 0 amide bonds. The van der Waals surface area contributed by atoms with E-state index in [2.05, 4.69) is 20.8 Å². The molecule has 0 aromatic heterocycles. The minimum Gasteiger partial charge on any atom is -0.463 e. The number of hydrogen-bond acceptors (Lipinski definition) is 2. The molecule has 0 N–H and O–H groups in total. The van der Waals surface area contributed by atoms with Crippen molar-refractivity contribution < 1.29 is 9.53 Å². The summed E-state index contributed by atoms with van der Waals surface area (Å²) in [6.45, 7) is 6.63. The van der Waals surface area contributed by atoms with Gasteiger partial charge < -0.3 is 4.74 Å². The van der Waals surface area contributed by atoms with E-state index in [0.29, 0.717) is 6.42 Å². The Morgan fingerprint density at radius 3 is 1.09 bits per heavy atom. The van der Waals surface area contributed by atoms with Gasteiger partial charge in [0.2, 0.25) is 0 Å². The quantitative estimate of drug-likeness (QED) is 0.0763. The Morgan fingerprint density at radius 1 is 0.457 bits per heavy atom. The monoisotopic (exact) mass is 495 g/mol. The van der Waals surface area contributed by atoms with Gasteiger partial charge in [-0.3, -0.25) is 4.79 Å². The van der Waals surface area contributed by atoms with E-state index < -0.39 is 0 Å². The first-order chi connectivity index (χ1) is 17.2. The number of carbonyl (C=O) groups is 1. The summed E-state index contributed by atoms with van der Waals surface area (Å²) < 4.78 is 5.61. The van der Waals surface area contributed by atoms with Gasteiger partial charge in [0.25, 0.3) is 0 Å². The SMILES string of the molecule is CCCCCCCCCCCCCCCCCCCC(=O)O[C@H](C)CCCCCCCCCCC. The molecule has 2 nitrogen and oxygen atoms in total. The molecule has 2 heteroatoms. The van der Waals surface area contributed by atoms with Crippen molar-refractivity contribution in [1.29, 1.82) is 0 Å². The molecule has 0 aromatic carbocycles. The molecule has 0 aliphatic carbocycles. The third kappa shape index (κ3) is 29.6. The van der Waals surface area contributed by atoms with E-state index in [1.165, 1.54) is 161 Å². The van der Waals surface area contributed by atoms with Crippen LogP contribution in [-0.4, -0.2) is 12.1 Å². The predicted molar refractivity (Wildman–Crippen MR) is 156 cm³/mol. The van der Waals surface area contributed by atoms with Crippen LogP contribution in [0.3, 0.4) is 0 Å². The number of ether oxygens (including phenoxy) is 1. The minimum absolute atomic E-state index is 0.0226. The maximum absolute atomic E-state index is 12.1. The molecule has 0 aliphatic rings. The van der Waals surface area contributed by atoms with Gasteiger partial charge in [-0.05, 0) is 26.2 Å². The summed E-state index contributed by atoms with van der Waals surface area (Å²) in [5.74, 6) is 0.0226. The van der Waals surface area contributed by atoms with Crippen LogP contribution in [0.1, 0.15) is 201 Å². The zero-order valence-corrected chi connectivity index (χ0v) is 24.7. The van der Waals surface area contributed by atoms with Crippen LogP contribution in [0.5, 0.6) is 0 Å². The fourth-order valence-corrected chi connectivity index (χ4v) is 5.08. The highest BCUT2D eigenvalue weighted by atomic mass is 16.5. The summed E-state index contributed by atoms with van der Waals surface area (Å²) in [6, 6.07) is 0. The van der Waals surface area contributed by atoms with Crippen molar-refractivity contribution in [3.63, 3.8) is 0 Å². The van der Waals surface area contributed by atoms with Crippen molar-refractivity contribution in [2.45, 2.75) is 207 Å². The second-order valence-corrected chi connectivity index (χ2v) is 11.3. The van der Waals surface area contributed by atoms with E-state index in [0.717, 1.165) is 12.8 Å². The lowest BCUT2D eigenvalue weighted by Crippen LogP contribution is -2.14. The molecule has 0 rings (SSSR count). The first kappa shape index (κ1) is 34.5. The first-order valence-corrected chi connectivity index (χ1v) is 16.4. The maximum Gasteiger partial charge on any atom is 0.306 e. The number of hydrogen-bond donors (Lipinski definition) is 0. The van der Waals surface area contributed by atoms with Crippen molar-refractivity contribution in [3.05, 3.63) is 0 Å². The van der Waals surface area contributed by atoms with E-state index in [-0.39, 0.29) is 12.1 Å². The third-order valence-electron chi connectivity index (χ3n) is 7.53. The predicted octanol–water partition coefficient (Wildman–Crippen LogP) is 11.9. The smallest absolute Gasteiger partial charge is 0.306 e. The van der Waals surface area contributed by atoms with E-state index >= 15 is 0 Å². The van der Waals surface area contributed by atoms with Gasteiger partial charge >= 0.3 is 5.97 Å². The molecule has 1 atom stereocenters. The summed E-state index contributed by atoms with van der Waals surface area (Å²) in [5.41, 5.74) is 0. The Morgan fingerprint density at radius 2 is 0.743 bits per heavy atom. The van der Waals surface area contributed by atoms with Crippen molar-refractivity contribution in [2.75, 3.05) is 0 Å². The van der Waals surface area contributed by atoms with Gasteiger partial charge in [0.05, 0.1) is 6.10 Å². The molecular formula is C33H66O2. The average molecular weight is 495 g/mol. The van der Waals surface area contributed by atoms with Crippen molar-refractivity contribution >= 4 is 5.97 Å². The summed E-state index contributed by atoms with van der Waals surface area (Å²) in [6.07, 6.45) is 37.2. The van der Waals surface area contributed by atoms with Gasteiger partial charge in [0, 0.05) is 6.42 Å². The molecule has 0 radical (unpaired) electrons. The zero-order chi connectivity index (χ0) is 25.7. The fourth-order valence-electron chi connectivity index (χ4n) is 5.08. The van der Waals surface area contributed by atoms with E-state index in [1.54, 1.807) is 0 Å². The Hall–Kier alpha value is -0.530. The minimum atomic E-state index is 0.0226. The molecule has 0 unspecified atom stereocenters. The van der Waals surface area contributed by atoms with Crippen LogP contribution < -0.4 is 0 Å². The third-order valence-corrected chi connectivity index (χ3v) is 7.53. The van der Waals surface area contributed by atoms with Gasteiger partial charge in [0.1, 0.15) is 0 Å². The van der Waals surface area contributed by atoms with Crippen molar-refractivity contribution in [1.82, 2.24) is 0 Å². The lowest BCUT2D eigenvalue weighted by Gasteiger charge is -2.13. The van der Waals surface area contributed by atoms with Crippen LogP contribution in [0.2, 0.25) is 0 Å². The molecule has 0 bridgehead atoms. The molecule has 0 saturated heterocycles. The lowest BCUT2D eigenvalue weighted by molar-refractivity contribution is -0.148. The number of unbranched alkanes of at least 4 members (excludes halogenated alkanes) is 24. The second-order valence-electron chi connectivity index (χ2n) is 11.3. The Balaban J connectivity index is 3.26. The Labute approximate surface area is 222 Å². The van der Waals surface area contributed by atoms with Crippen LogP contribution in [0.25, 0.3) is 0 Å². The highest BCUT2D eigenvalue weighted by molar-refractivity contribution is 5.69. The standard InChI is InChI=1S/C33H66O2/c1-4-6-8-10-12-14-15-16-17-18-19-20-21-23-25-27-29-31-33(34)35-32(3)30-28-26-24-22-13-11-9-7-5-2/h32H,4-31H2,1-3H3/t32-/m1/s1. The van der Waals surface area contributed by atoms with Crippen molar-refractivity contribution in [2.24, 2.45) is 0 Å². The van der Waals surface area contributed by atoms with Gasteiger partial charge in [-0.25, -0.2) is 0 Å². The van der Waals surface area contributed by atoms with Crippen LogP contribution in [-0.2, 0) is 9.53 Å². The summed E-state index contributed by atoms with van der Waals surface area (Å²) in [4.78, 5) is 12.1. The van der Waals surface area contributed by atoms with Gasteiger partial charge in [-0.15, -0.1) is 0 Å². The first-order valence-electron chi connectivity index (χ1n) is 16.4. The highest BCUT2D eigenvalue weighted by Gasteiger charge is 2.09. The summed E-state index contributed by atoms with van der Waals surface area (Å²) in [5, 5.41) is 0. The molecule has 0 aliphatic heterocycles. The highest BCUT2D eigenvalue weighted by Crippen LogP contribution is 2.15. The molecule has 0 heterocycles.